The highest BCUT2D eigenvalue weighted by molar-refractivity contribution is 5.78. The zero-order valence-corrected chi connectivity index (χ0v) is 14.4. The molecule has 2 aliphatic rings. The lowest BCUT2D eigenvalue weighted by molar-refractivity contribution is -0.127. The van der Waals surface area contributed by atoms with Gasteiger partial charge in [0, 0.05) is 31.1 Å². The average molecular weight is 295 g/mol. The van der Waals surface area contributed by atoms with E-state index in [2.05, 4.69) is 50.2 Å². The first-order chi connectivity index (χ1) is 9.79. The third kappa shape index (κ3) is 4.19. The van der Waals surface area contributed by atoms with Crippen molar-refractivity contribution in [2.75, 3.05) is 32.7 Å². The van der Waals surface area contributed by atoms with Crippen LogP contribution in [0.4, 0.5) is 0 Å². The lowest BCUT2D eigenvalue weighted by Gasteiger charge is -2.45. The van der Waals surface area contributed by atoms with Crippen molar-refractivity contribution in [2.45, 2.75) is 46.6 Å². The Morgan fingerprint density at radius 1 is 1.29 bits per heavy atom. The van der Waals surface area contributed by atoms with Gasteiger partial charge in [-0.3, -0.25) is 9.69 Å². The molecular weight excluding hydrogens is 262 g/mol. The van der Waals surface area contributed by atoms with Gasteiger partial charge in [-0.05, 0) is 51.1 Å². The third-order valence-electron chi connectivity index (χ3n) is 5.35. The molecule has 2 rings (SSSR count). The summed E-state index contributed by atoms with van der Waals surface area (Å²) in [5, 5.41) is 6.43. The maximum Gasteiger partial charge on any atom is 0.223 e. The van der Waals surface area contributed by atoms with E-state index in [1.807, 2.05) is 0 Å². The van der Waals surface area contributed by atoms with Crippen LogP contribution in [-0.4, -0.2) is 49.1 Å². The fraction of sp³-hybridized carbons (Fsp3) is 0.941. The van der Waals surface area contributed by atoms with Gasteiger partial charge < -0.3 is 10.6 Å². The second-order valence-electron chi connectivity index (χ2n) is 8.09. The van der Waals surface area contributed by atoms with Crippen LogP contribution < -0.4 is 10.6 Å². The zero-order chi connectivity index (χ0) is 15.6. The lowest BCUT2D eigenvalue weighted by atomic mass is 9.87. The van der Waals surface area contributed by atoms with Gasteiger partial charge in [0.1, 0.15) is 0 Å². The summed E-state index contributed by atoms with van der Waals surface area (Å²) < 4.78 is 0. The molecule has 0 spiro atoms. The number of nitrogens with zero attached hydrogens (tertiary/aromatic N) is 1. The Morgan fingerprint density at radius 3 is 2.33 bits per heavy atom. The van der Waals surface area contributed by atoms with Crippen molar-refractivity contribution < 1.29 is 4.79 Å². The van der Waals surface area contributed by atoms with E-state index in [1.165, 1.54) is 6.42 Å². The zero-order valence-electron chi connectivity index (χ0n) is 14.4. The molecule has 0 aromatic rings. The molecule has 2 fully saturated rings. The van der Waals surface area contributed by atoms with Gasteiger partial charge in [-0.2, -0.15) is 0 Å². The van der Waals surface area contributed by atoms with Crippen LogP contribution in [0.5, 0.6) is 0 Å². The molecule has 2 saturated heterocycles. The predicted octanol–water partition coefficient (Wildman–Crippen LogP) is 1.71. The van der Waals surface area contributed by atoms with Crippen LogP contribution in [0.25, 0.3) is 0 Å². The van der Waals surface area contributed by atoms with Crippen LogP contribution in [-0.2, 0) is 4.79 Å². The average Bonchev–Trinajstić information content (AvgIpc) is 2.32. The van der Waals surface area contributed by atoms with Crippen LogP contribution in [0, 0.1) is 23.7 Å². The van der Waals surface area contributed by atoms with Gasteiger partial charge in [0.05, 0.1) is 0 Å². The number of rotatable bonds is 5. The van der Waals surface area contributed by atoms with Crippen molar-refractivity contribution in [1.82, 2.24) is 15.5 Å². The summed E-state index contributed by atoms with van der Waals surface area (Å²) >= 11 is 0. The van der Waals surface area contributed by atoms with Crippen molar-refractivity contribution in [1.29, 1.82) is 0 Å². The maximum atomic E-state index is 12.3. The summed E-state index contributed by atoms with van der Waals surface area (Å²) in [6.07, 6.45) is 1.32. The van der Waals surface area contributed by atoms with Crippen LogP contribution in [0.15, 0.2) is 0 Å². The molecule has 1 amide bonds. The molecule has 0 bridgehead atoms. The Hall–Kier alpha value is -0.610. The first-order valence-electron chi connectivity index (χ1n) is 8.53. The van der Waals surface area contributed by atoms with Crippen LogP contribution in [0.3, 0.4) is 0 Å². The lowest BCUT2D eigenvalue weighted by Crippen LogP contribution is -2.57. The number of nitrogens with one attached hydrogen (secondary N) is 2. The Bertz CT molecular complexity index is 355. The van der Waals surface area contributed by atoms with Gasteiger partial charge in [-0.15, -0.1) is 0 Å². The van der Waals surface area contributed by atoms with Crippen molar-refractivity contribution in [3.05, 3.63) is 0 Å². The Morgan fingerprint density at radius 2 is 1.86 bits per heavy atom. The van der Waals surface area contributed by atoms with Gasteiger partial charge in [0.25, 0.3) is 0 Å². The number of likely N-dealkylation sites (tertiary alicyclic amines) is 1. The molecule has 2 aliphatic heterocycles. The van der Waals surface area contributed by atoms with E-state index in [-0.39, 0.29) is 17.4 Å². The number of amides is 1. The van der Waals surface area contributed by atoms with Crippen LogP contribution in [0.2, 0.25) is 0 Å². The molecule has 0 aromatic heterocycles. The summed E-state index contributed by atoms with van der Waals surface area (Å²) in [6.45, 7) is 16.3. The van der Waals surface area contributed by atoms with E-state index < -0.39 is 0 Å². The summed E-state index contributed by atoms with van der Waals surface area (Å²) in [5.41, 5.74) is 0.0379. The number of piperidine rings is 1. The van der Waals surface area contributed by atoms with Gasteiger partial charge >= 0.3 is 0 Å². The molecule has 4 nitrogen and oxygen atoms in total. The predicted molar refractivity (Wildman–Crippen MR) is 87.1 cm³/mol. The molecule has 4 heteroatoms. The van der Waals surface area contributed by atoms with Gasteiger partial charge in [0.2, 0.25) is 5.91 Å². The van der Waals surface area contributed by atoms with Crippen LogP contribution >= 0.6 is 0 Å². The van der Waals surface area contributed by atoms with Crippen molar-refractivity contribution in [3.8, 4) is 0 Å². The van der Waals surface area contributed by atoms with E-state index in [0.717, 1.165) is 44.6 Å². The number of hydrogen-bond donors (Lipinski definition) is 2. The fourth-order valence-corrected chi connectivity index (χ4v) is 3.61. The second-order valence-corrected chi connectivity index (χ2v) is 8.09. The minimum Gasteiger partial charge on any atom is -0.354 e. The van der Waals surface area contributed by atoms with E-state index in [1.54, 1.807) is 0 Å². The quantitative estimate of drug-likeness (QED) is 0.811. The van der Waals surface area contributed by atoms with Crippen molar-refractivity contribution >= 4 is 5.91 Å². The molecule has 2 heterocycles. The van der Waals surface area contributed by atoms with Crippen molar-refractivity contribution in [2.24, 2.45) is 23.7 Å². The molecular formula is C17H33N3O. The van der Waals surface area contributed by atoms with E-state index >= 15 is 0 Å². The van der Waals surface area contributed by atoms with Crippen LogP contribution in [0.1, 0.15) is 41.0 Å². The van der Waals surface area contributed by atoms with Crippen molar-refractivity contribution in [3.63, 3.8) is 0 Å². The second kappa shape index (κ2) is 6.66. The number of hydrogen-bond acceptors (Lipinski definition) is 3. The first kappa shape index (κ1) is 16.8. The molecule has 3 unspecified atom stereocenters. The van der Waals surface area contributed by atoms with E-state index in [4.69, 9.17) is 0 Å². The smallest absolute Gasteiger partial charge is 0.223 e. The molecule has 122 valence electrons. The third-order valence-corrected chi connectivity index (χ3v) is 5.35. The molecule has 2 N–H and O–H groups in total. The number of carbonyl (C=O) groups excluding carboxylic acids is 1. The minimum atomic E-state index is 0.0379. The topological polar surface area (TPSA) is 44.4 Å². The fourth-order valence-electron chi connectivity index (χ4n) is 3.61. The minimum absolute atomic E-state index is 0.0379. The normalized spacial score (nSPS) is 29.8. The van der Waals surface area contributed by atoms with E-state index in [0.29, 0.717) is 5.92 Å². The molecule has 0 aromatic carbocycles. The molecule has 3 atom stereocenters. The van der Waals surface area contributed by atoms with E-state index in [9.17, 15) is 4.79 Å². The van der Waals surface area contributed by atoms with Gasteiger partial charge in [0.15, 0.2) is 0 Å². The monoisotopic (exact) mass is 295 g/mol. The maximum absolute atomic E-state index is 12.3. The molecule has 0 aliphatic carbocycles. The Kier molecular flexibility index (Phi) is 5.31. The summed E-state index contributed by atoms with van der Waals surface area (Å²) in [6, 6.07) is 0. The SMILES string of the molecule is CC1CC(C)CN(C(C)(C)CNC(=O)C(C)C2CNC2)C1. The molecule has 0 radical (unpaired) electrons. The van der Waals surface area contributed by atoms with Gasteiger partial charge in [-0.25, -0.2) is 0 Å². The first-order valence-corrected chi connectivity index (χ1v) is 8.53. The molecule has 21 heavy (non-hydrogen) atoms. The molecule has 0 saturated carbocycles. The number of carbonyl (C=O) groups is 1. The largest absolute Gasteiger partial charge is 0.354 e. The Balaban J connectivity index is 1.83. The summed E-state index contributed by atoms with van der Waals surface area (Å²) in [4.78, 5) is 14.8. The Labute approximate surface area is 130 Å². The highest BCUT2D eigenvalue weighted by Gasteiger charge is 2.34. The highest BCUT2D eigenvalue weighted by Crippen LogP contribution is 2.27. The standard InChI is InChI=1S/C17H33N3O/c1-12-6-13(2)10-20(9-12)17(4,5)11-19-16(21)14(3)15-7-18-8-15/h12-15,18H,6-11H2,1-5H3,(H,19,21). The van der Waals surface area contributed by atoms with Gasteiger partial charge in [-0.1, -0.05) is 20.8 Å². The highest BCUT2D eigenvalue weighted by atomic mass is 16.1. The summed E-state index contributed by atoms with van der Waals surface area (Å²) in [7, 11) is 0. The summed E-state index contributed by atoms with van der Waals surface area (Å²) in [5.74, 6) is 2.37.